The highest BCUT2D eigenvalue weighted by Crippen LogP contribution is 2.23. The number of rotatable bonds is 5. The van der Waals surface area contributed by atoms with Crippen molar-refractivity contribution in [3.8, 4) is 17.0 Å². The molecule has 0 bridgehead atoms. The van der Waals surface area contributed by atoms with Crippen LogP contribution in [0.1, 0.15) is 23.6 Å². The van der Waals surface area contributed by atoms with Gasteiger partial charge in [0, 0.05) is 10.9 Å². The molecule has 0 radical (unpaired) electrons. The van der Waals surface area contributed by atoms with Crippen LogP contribution in [0.5, 0.6) is 5.75 Å². The molecule has 2 aromatic carbocycles. The molecule has 0 atom stereocenters. The molecular weight excluding hydrogens is 354 g/mol. The zero-order chi connectivity index (χ0) is 19.4. The lowest BCUT2D eigenvalue weighted by Crippen LogP contribution is -2.13. The largest absolute Gasteiger partial charge is 0.508 e. The van der Waals surface area contributed by atoms with E-state index in [1.165, 1.54) is 11.1 Å². The highest BCUT2D eigenvalue weighted by atomic mass is 32.1. The molecule has 3 aromatic rings. The van der Waals surface area contributed by atoms with Gasteiger partial charge in [-0.15, -0.1) is 11.3 Å². The molecule has 0 aliphatic rings. The van der Waals surface area contributed by atoms with Crippen molar-refractivity contribution in [1.82, 2.24) is 4.68 Å². The zero-order valence-corrected chi connectivity index (χ0v) is 16.6. The number of hydrogen-bond donors (Lipinski definition) is 1. The minimum atomic E-state index is 0.218. The van der Waals surface area contributed by atoms with Crippen molar-refractivity contribution in [2.45, 2.75) is 20.8 Å². The normalized spacial score (nSPS) is 12.0. The van der Waals surface area contributed by atoms with Crippen molar-refractivity contribution in [2.24, 2.45) is 10.1 Å². The van der Waals surface area contributed by atoms with Gasteiger partial charge >= 0.3 is 0 Å². The Labute approximate surface area is 163 Å². The van der Waals surface area contributed by atoms with E-state index in [0.29, 0.717) is 6.54 Å². The van der Waals surface area contributed by atoms with E-state index >= 15 is 0 Å². The first-order chi connectivity index (χ1) is 12.9. The van der Waals surface area contributed by atoms with Crippen molar-refractivity contribution in [3.63, 3.8) is 0 Å². The minimum absolute atomic E-state index is 0.218. The van der Waals surface area contributed by atoms with E-state index in [-0.39, 0.29) is 5.75 Å². The van der Waals surface area contributed by atoms with E-state index in [9.17, 15) is 5.11 Å². The van der Waals surface area contributed by atoms with Gasteiger partial charge in [0.05, 0.1) is 18.5 Å². The fourth-order valence-corrected chi connectivity index (χ4v) is 3.39. The third-order valence-electron chi connectivity index (χ3n) is 4.16. The van der Waals surface area contributed by atoms with E-state index in [2.05, 4.69) is 54.1 Å². The molecule has 0 aliphatic carbocycles. The second-order valence-corrected chi connectivity index (χ2v) is 7.46. The Morgan fingerprint density at radius 2 is 2.00 bits per heavy atom. The van der Waals surface area contributed by atoms with Crippen LogP contribution in [0.2, 0.25) is 0 Å². The first-order valence-corrected chi connectivity index (χ1v) is 9.58. The van der Waals surface area contributed by atoms with Crippen LogP contribution in [0.4, 0.5) is 0 Å². The maximum Gasteiger partial charge on any atom is 0.206 e. The van der Waals surface area contributed by atoms with Crippen LogP contribution in [-0.4, -0.2) is 22.5 Å². The van der Waals surface area contributed by atoms with Gasteiger partial charge in [-0.2, -0.15) is 5.10 Å². The van der Waals surface area contributed by atoms with E-state index in [1.54, 1.807) is 35.8 Å². The second-order valence-electron chi connectivity index (χ2n) is 6.63. The lowest BCUT2D eigenvalue weighted by Gasteiger charge is -2.06. The second kappa shape index (κ2) is 8.18. The molecule has 0 saturated heterocycles. The summed E-state index contributed by atoms with van der Waals surface area (Å²) in [5, 5.41) is 16.4. The molecule has 1 N–H and O–H groups in total. The number of nitrogens with zero attached hydrogens (tertiary/aromatic N) is 3. The molecule has 0 fully saturated rings. The lowest BCUT2D eigenvalue weighted by atomic mass is 10.1. The molecule has 27 heavy (non-hydrogen) atoms. The average molecular weight is 378 g/mol. The van der Waals surface area contributed by atoms with Crippen molar-refractivity contribution in [3.05, 3.63) is 81.5 Å². The number of aryl methyl sites for hydroxylation is 2. The standard InChI is InChI=1S/C22H23N3OS/c1-15(2)12-23-22-25(24-13-18-6-5-7-20(26)11-18)21(14-27-22)19-9-8-16(3)17(4)10-19/h5-11,13-14,26H,1,12H2,2-4H3. The summed E-state index contributed by atoms with van der Waals surface area (Å²) < 4.78 is 1.85. The molecule has 0 spiro atoms. The van der Waals surface area contributed by atoms with Gasteiger partial charge in [0.1, 0.15) is 5.75 Å². The lowest BCUT2D eigenvalue weighted by molar-refractivity contribution is 0.475. The molecule has 138 valence electrons. The van der Waals surface area contributed by atoms with Gasteiger partial charge in [-0.05, 0) is 55.7 Å². The predicted molar refractivity (Wildman–Crippen MR) is 114 cm³/mol. The molecule has 0 aliphatic heterocycles. The number of benzene rings is 2. The van der Waals surface area contributed by atoms with Crippen molar-refractivity contribution in [1.29, 1.82) is 0 Å². The van der Waals surface area contributed by atoms with Crippen LogP contribution in [0.3, 0.4) is 0 Å². The maximum atomic E-state index is 9.66. The molecule has 0 amide bonds. The van der Waals surface area contributed by atoms with E-state index in [4.69, 9.17) is 0 Å². The average Bonchev–Trinajstić information content (AvgIpc) is 3.03. The van der Waals surface area contributed by atoms with Gasteiger partial charge in [0.2, 0.25) is 4.80 Å². The van der Waals surface area contributed by atoms with Gasteiger partial charge in [-0.1, -0.05) is 36.4 Å². The summed E-state index contributed by atoms with van der Waals surface area (Å²) in [5.41, 5.74) is 6.41. The molecule has 1 aromatic heterocycles. The van der Waals surface area contributed by atoms with E-state index in [1.807, 2.05) is 17.7 Å². The molecule has 4 nitrogen and oxygen atoms in total. The van der Waals surface area contributed by atoms with Gasteiger partial charge in [-0.25, -0.2) is 4.68 Å². The van der Waals surface area contributed by atoms with Crippen LogP contribution in [0.15, 0.2) is 70.1 Å². The molecule has 0 unspecified atom stereocenters. The Morgan fingerprint density at radius 3 is 2.70 bits per heavy atom. The predicted octanol–water partition coefficient (Wildman–Crippen LogP) is 4.90. The molecule has 5 heteroatoms. The molecule has 0 saturated carbocycles. The molecular formula is C22H23N3OS. The van der Waals surface area contributed by atoms with Crippen LogP contribution < -0.4 is 4.80 Å². The molecule has 3 rings (SSSR count). The Balaban J connectivity index is 2.10. The summed E-state index contributed by atoms with van der Waals surface area (Å²) in [6.07, 6.45) is 1.73. The van der Waals surface area contributed by atoms with Crippen LogP contribution in [0, 0.1) is 13.8 Å². The number of aromatic nitrogens is 1. The summed E-state index contributed by atoms with van der Waals surface area (Å²) in [6, 6.07) is 13.4. The van der Waals surface area contributed by atoms with Crippen LogP contribution >= 0.6 is 11.3 Å². The Hall–Kier alpha value is -2.92. The number of thiazole rings is 1. The van der Waals surface area contributed by atoms with Crippen molar-refractivity contribution < 1.29 is 5.11 Å². The summed E-state index contributed by atoms with van der Waals surface area (Å²) in [6.45, 7) is 10.7. The van der Waals surface area contributed by atoms with Crippen LogP contribution in [-0.2, 0) is 0 Å². The summed E-state index contributed by atoms with van der Waals surface area (Å²) >= 11 is 1.55. The van der Waals surface area contributed by atoms with Crippen molar-refractivity contribution >= 4 is 17.6 Å². The first-order valence-electron chi connectivity index (χ1n) is 8.70. The van der Waals surface area contributed by atoms with Gasteiger partial charge < -0.3 is 5.11 Å². The SMILES string of the molecule is C=C(C)CN=c1scc(-c2ccc(C)c(C)c2)n1N=Cc1cccc(O)c1. The fraction of sp³-hybridized carbons (Fsp3) is 0.182. The summed E-state index contributed by atoms with van der Waals surface area (Å²) in [4.78, 5) is 5.45. The smallest absolute Gasteiger partial charge is 0.206 e. The Kier molecular flexibility index (Phi) is 5.72. The van der Waals surface area contributed by atoms with Gasteiger partial charge in [0.15, 0.2) is 0 Å². The highest BCUT2D eigenvalue weighted by molar-refractivity contribution is 7.07. The minimum Gasteiger partial charge on any atom is -0.508 e. The Bertz CT molecular complexity index is 1070. The van der Waals surface area contributed by atoms with Crippen molar-refractivity contribution in [2.75, 3.05) is 6.54 Å². The quantitative estimate of drug-likeness (QED) is 0.499. The Morgan fingerprint density at radius 1 is 1.19 bits per heavy atom. The first kappa shape index (κ1) is 18.9. The third kappa shape index (κ3) is 4.63. The fourth-order valence-electron chi connectivity index (χ4n) is 2.55. The maximum absolute atomic E-state index is 9.66. The van der Waals surface area contributed by atoms with E-state index < -0.39 is 0 Å². The van der Waals surface area contributed by atoms with Crippen LogP contribution in [0.25, 0.3) is 11.3 Å². The zero-order valence-electron chi connectivity index (χ0n) is 15.8. The number of aromatic hydroxyl groups is 1. The monoisotopic (exact) mass is 377 g/mol. The van der Waals surface area contributed by atoms with Gasteiger partial charge in [-0.3, -0.25) is 4.99 Å². The van der Waals surface area contributed by atoms with E-state index in [0.717, 1.165) is 27.2 Å². The number of hydrogen-bond acceptors (Lipinski definition) is 4. The topological polar surface area (TPSA) is 49.9 Å². The number of phenols is 1. The summed E-state index contributed by atoms with van der Waals surface area (Å²) in [7, 11) is 0. The molecule has 1 heterocycles. The van der Waals surface area contributed by atoms with Gasteiger partial charge in [0.25, 0.3) is 0 Å². The third-order valence-corrected chi connectivity index (χ3v) is 5.02. The number of phenolic OH excluding ortho intramolecular Hbond substituents is 1. The highest BCUT2D eigenvalue weighted by Gasteiger charge is 2.08. The summed E-state index contributed by atoms with van der Waals surface area (Å²) in [5.74, 6) is 0.218.